The third-order valence-electron chi connectivity index (χ3n) is 5.06. The third kappa shape index (κ3) is 2.58. The van der Waals surface area contributed by atoms with E-state index in [4.69, 9.17) is 10.5 Å². The van der Waals surface area contributed by atoms with Crippen LogP contribution in [0.3, 0.4) is 0 Å². The Morgan fingerprint density at radius 2 is 1.78 bits per heavy atom. The zero-order valence-corrected chi connectivity index (χ0v) is 16.2. The SMILES string of the molecule is Cc1ccc([C@@H]2c3c(N)ncnc3Oc3ccc4cc(Br)ccc4c32)cc1. The van der Waals surface area contributed by atoms with E-state index in [-0.39, 0.29) is 5.92 Å². The van der Waals surface area contributed by atoms with Crippen LogP contribution in [-0.4, -0.2) is 9.97 Å². The van der Waals surface area contributed by atoms with Gasteiger partial charge in [-0.15, -0.1) is 0 Å². The van der Waals surface area contributed by atoms with Crippen LogP contribution in [0.2, 0.25) is 0 Å². The summed E-state index contributed by atoms with van der Waals surface area (Å²) in [6.07, 6.45) is 1.45. The van der Waals surface area contributed by atoms with Gasteiger partial charge in [-0.3, -0.25) is 0 Å². The lowest BCUT2D eigenvalue weighted by Crippen LogP contribution is -2.16. The van der Waals surface area contributed by atoms with Crippen molar-refractivity contribution in [3.05, 3.63) is 87.7 Å². The number of nitrogen functional groups attached to an aromatic ring is 1. The van der Waals surface area contributed by atoms with Crippen molar-refractivity contribution in [1.29, 1.82) is 0 Å². The maximum atomic E-state index is 6.29. The summed E-state index contributed by atoms with van der Waals surface area (Å²) in [5.41, 5.74) is 10.6. The molecule has 4 nitrogen and oxygen atoms in total. The van der Waals surface area contributed by atoms with Gasteiger partial charge in [-0.2, -0.15) is 0 Å². The highest BCUT2D eigenvalue weighted by Gasteiger charge is 2.33. The van der Waals surface area contributed by atoms with Crippen LogP contribution in [-0.2, 0) is 0 Å². The van der Waals surface area contributed by atoms with Gasteiger partial charge < -0.3 is 10.5 Å². The molecule has 2 heterocycles. The molecule has 5 heteroatoms. The van der Waals surface area contributed by atoms with Crippen molar-refractivity contribution in [2.24, 2.45) is 0 Å². The number of fused-ring (bicyclic) bond motifs is 4. The molecule has 0 aliphatic carbocycles. The summed E-state index contributed by atoms with van der Waals surface area (Å²) in [6, 6.07) is 18.9. The Morgan fingerprint density at radius 3 is 2.59 bits per heavy atom. The molecular weight excluding hydrogens is 402 g/mol. The Morgan fingerprint density at radius 1 is 0.963 bits per heavy atom. The van der Waals surface area contributed by atoms with Gasteiger partial charge >= 0.3 is 0 Å². The summed E-state index contributed by atoms with van der Waals surface area (Å²) in [4.78, 5) is 8.58. The van der Waals surface area contributed by atoms with Crippen LogP contribution >= 0.6 is 15.9 Å². The van der Waals surface area contributed by atoms with Gasteiger partial charge in [-0.25, -0.2) is 9.97 Å². The van der Waals surface area contributed by atoms with Gasteiger partial charge in [0.2, 0.25) is 5.88 Å². The summed E-state index contributed by atoms with van der Waals surface area (Å²) < 4.78 is 7.17. The van der Waals surface area contributed by atoms with E-state index in [1.807, 2.05) is 6.07 Å². The third-order valence-corrected chi connectivity index (χ3v) is 5.55. The van der Waals surface area contributed by atoms with E-state index in [9.17, 15) is 0 Å². The fourth-order valence-corrected chi connectivity index (χ4v) is 4.16. The van der Waals surface area contributed by atoms with Crippen molar-refractivity contribution < 1.29 is 4.74 Å². The minimum Gasteiger partial charge on any atom is -0.438 e. The Hall–Kier alpha value is -2.92. The molecule has 1 aromatic heterocycles. The second-order valence-corrected chi connectivity index (χ2v) is 7.68. The number of hydrogen-bond donors (Lipinski definition) is 1. The number of ether oxygens (including phenoxy) is 1. The molecule has 0 bridgehead atoms. The van der Waals surface area contributed by atoms with Gasteiger partial charge in [0.1, 0.15) is 17.9 Å². The van der Waals surface area contributed by atoms with Crippen LogP contribution in [0.4, 0.5) is 5.82 Å². The molecule has 0 saturated heterocycles. The van der Waals surface area contributed by atoms with Gasteiger partial charge in [0.25, 0.3) is 0 Å². The molecular formula is C22H16BrN3O. The number of nitrogens with zero attached hydrogens (tertiary/aromatic N) is 2. The van der Waals surface area contributed by atoms with E-state index >= 15 is 0 Å². The first-order chi connectivity index (χ1) is 13.1. The minimum absolute atomic E-state index is 0.0876. The molecule has 2 N–H and O–H groups in total. The van der Waals surface area contributed by atoms with Gasteiger partial charge in [0.15, 0.2) is 0 Å². The molecule has 0 fully saturated rings. The average Bonchev–Trinajstić information content (AvgIpc) is 2.67. The molecule has 0 amide bonds. The lowest BCUT2D eigenvalue weighted by atomic mass is 9.81. The number of aromatic nitrogens is 2. The van der Waals surface area contributed by atoms with Crippen molar-refractivity contribution in [1.82, 2.24) is 9.97 Å². The van der Waals surface area contributed by atoms with Gasteiger partial charge in [0.05, 0.1) is 5.56 Å². The molecule has 0 radical (unpaired) electrons. The first-order valence-corrected chi connectivity index (χ1v) is 9.48. The van der Waals surface area contributed by atoms with Gasteiger partial charge in [-0.1, -0.05) is 57.9 Å². The molecule has 0 unspecified atom stereocenters. The molecule has 0 spiro atoms. The van der Waals surface area contributed by atoms with E-state index in [2.05, 4.69) is 81.4 Å². The zero-order valence-electron chi connectivity index (χ0n) is 14.6. The van der Waals surface area contributed by atoms with Crippen molar-refractivity contribution in [3.8, 4) is 11.6 Å². The summed E-state index contributed by atoms with van der Waals surface area (Å²) in [7, 11) is 0. The summed E-state index contributed by atoms with van der Waals surface area (Å²) >= 11 is 3.56. The predicted octanol–water partition coefficient (Wildman–Crippen LogP) is 5.57. The summed E-state index contributed by atoms with van der Waals surface area (Å²) in [6.45, 7) is 2.08. The molecule has 5 rings (SSSR count). The van der Waals surface area contributed by atoms with Crippen molar-refractivity contribution in [2.75, 3.05) is 5.73 Å². The molecule has 4 aromatic rings. The number of hydrogen-bond acceptors (Lipinski definition) is 4. The van der Waals surface area contributed by atoms with E-state index in [1.165, 1.54) is 11.9 Å². The highest BCUT2D eigenvalue weighted by atomic mass is 79.9. The zero-order chi connectivity index (χ0) is 18.5. The Kier molecular flexibility index (Phi) is 3.65. The smallest absolute Gasteiger partial charge is 0.228 e. The van der Waals surface area contributed by atoms with Gasteiger partial charge in [-0.05, 0) is 41.5 Å². The van der Waals surface area contributed by atoms with E-state index in [0.29, 0.717) is 11.7 Å². The van der Waals surface area contributed by atoms with Crippen LogP contribution in [0.5, 0.6) is 11.6 Å². The molecule has 1 aliphatic heterocycles. The average molecular weight is 418 g/mol. The predicted molar refractivity (Wildman–Crippen MR) is 110 cm³/mol. The monoisotopic (exact) mass is 417 g/mol. The number of benzene rings is 3. The second kappa shape index (κ2) is 6.06. The molecule has 1 atom stereocenters. The minimum atomic E-state index is -0.0876. The Bertz CT molecular complexity index is 1190. The van der Waals surface area contributed by atoms with Crippen LogP contribution in [0.25, 0.3) is 10.8 Å². The largest absolute Gasteiger partial charge is 0.438 e. The Balaban J connectivity index is 1.87. The number of aryl methyl sites for hydroxylation is 1. The Labute approximate surface area is 165 Å². The summed E-state index contributed by atoms with van der Waals surface area (Å²) in [5, 5.41) is 2.28. The van der Waals surface area contributed by atoms with Crippen LogP contribution in [0.1, 0.15) is 28.2 Å². The van der Waals surface area contributed by atoms with E-state index < -0.39 is 0 Å². The molecule has 132 valence electrons. The maximum absolute atomic E-state index is 6.29. The fraction of sp³-hybridized carbons (Fsp3) is 0.0909. The number of halogens is 1. The first-order valence-electron chi connectivity index (χ1n) is 8.69. The first kappa shape index (κ1) is 16.3. The lowest BCUT2D eigenvalue weighted by molar-refractivity contribution is 0.434. The lowest BCUT2D eigenvalue weighted by Gasteiger charge is -2.29. The second-order valence-electron chi connectivity index (χ2n) is 6.77. The van der Waals surface area contributed by atoms with Crippen molar-refractivity contribution in [3.63, 3.8) is 0 Å². The van der Waals surface area contributed by atoms with Crippen LogP contribution in [0, 0.1) is 6.92 Å². The van der Waals surface area contributed by atoms with Crippen molar-refractivity contribution in [2.45, 2.75) is 12.8 Å². The molecule has 0 saturated carbocycles. The quantitative estimate of drug-likeness (QED) is 0.387. The number of rotatable bonds is 1. The fourth-order valence-electron chi connectivity index (χ4n) is 3.78. The van der Waals surface area contributed by atoms with Crippen LogP contribution < -0.4 is 10.5 Å². The topological polar surface area (TPSA) is 61.0 Å². The van der Waals surface area contributed by atoms with E-state index in [0.717, 1.165) is 37.7 Å². The maximum Gasteiger partial charge on any atom is 0.228 e. The number of anilines is 1. The standard InChI is InChI=1S/C22H16BrN3O/c1-12-2-4-13(5-3-12)18-19-16-8-7-15(23)10-14(16)6-9-17(19)27-22-20(18)21(24)25-11-26-22/h2-11,18H,1H3,(H2,24,25,26)/t18-/m0/s1. The normalized spacial score (nSPS) is 15.1. The number of nitrogens with two attached hydrogens (primary N) is 1. The summed E-state index contributed by atoms with van der Waals surface area (Å²) in [5.74, 6) is 1.69. The van der Waals surface area contributed by atoms with Gasteiger partial charge in [0, 0.05) is 16.0 Å². The van der Waals surface area contributed by atoms with Crippen LogP contribution in [0.15, 0.2) is 65.4 Å². The molecule has 1 aliphatic rings. The highest BCUT2D eigenvalue weighted by molar-refractivity contribution is 9.10. The molecule has 27 heavy (non-hydrogen) atoms. The van der Waals surface area contributed by atoms with E-state index in [1.54, 1.807) is 0 Å². The van der Waals surface area contributed by atoms with Crippen molar-refractivity contribution >= 4 is 32.5 Å². The highest BCUT2D eigenvalue weighted by Crippen LogP contribution is 2.50. The molecule has 3 aromatic carbocycles.